The Morgan fingerprint density at radius 1 is 0.273 bits per heavy atom. The molecule has 22 heavy (non-hydrogen) atoms. The Bertz CT molecular complexity index is 771. The molecule has 115 valence electrons. The molecule has 0 nitrogen and oxygen atoms in total. The zero-order chi connectivity index (χ0) is 16.5. The van der Waals surface area contributed by atoms with Gasteiger partial charge in [0.1, 0.15) is 0 Å². The molecule has 0 spiro atoms. The molecule has 0 N–H and O–H groups in total. The summed E-state index contributed by atoms with van der Waals surface area (Å²) >= 11 is 0. The Morgan fingerprint density at radius 2 is 0.500 bits per heavy atom. The highest BCUT2D eigenvalue weighted by Crippen LogP contribution is 2.51. The van der Waals surface area contributed by atoms with Crippen LogP contribution in [-0.2, 0) is 0 Å². The fourth-order valence-electron chi connectivity index (χ4n) is 2.27. The molecule has 0 fully saturated rings. The average Bonchev–Trinajstić information content (AvgIpc) is 2.80. The van der Waals surface area contributed by atoms with Crippen LogP contribution < -0.4 is 0 Å². The van der Waals surface area contributed by atoms with Crippen molar-refractivity contribution in [3.8, 4) is 11.1 Å². The van der Waals surface area contributed by atoms with Gasteiger partial charge in [0.2, 0.25) is 6.17 Å². The van der Waals surface area contributed by atoms with E-state index in [0.717, 1.165) is 0 Å². The largest absolute Gasteiger partial charge is 0.229 e. The number of hydrogen-bond acceptors (Lipinski definition) is 0. The van der Waals surface area contributed by atoms with Gasteiger partial charge in [0, 0.05) is 22.3 Å². The Kier molecular flexibility index (Phi) is 2.95. The SMILES string of the molecule is F[C]1c2c(F)c(F)c(F)c(F)c2-c2c(F)c(F)c(F)c(F)c21. The number of rotatable bonds is 0. The van der Waals surface area contributed by atoms with Crippen molar-refractivity contribution in [1.29, 1.82) is 0 Å². The summed E-state index contributed by atoms with van der Waals surface area (Å²) < 4.78 is 121. The first-order valence-corrected chi connectivity index (χ1v) is 5.45. The molecule has 0 saturated carbocycles. The highest BCUT2D eigenvalue weighted by molar-refractivity contribution is 5.84. The molecule has 2 aromatic carbocycles. The Hall–Kier alpha value is -2.19. The van der Waals surface area contributed by atoms with Gasteiger partial charge in [-0.3, -0.25) is 0 Å². The summed E-state index contributed by atoms with van der Waals surface area (Å²) in [6, 6.07) is 0. The van der Waals surface area contributed by atoms with Crippen LogP contribution in [0.25, 0.3) is 11.1 Å². The minimum atomic E-state index is -2.43. The maximum Gasteiger partial charge on any atom is 0.210 e. The molecule has 0 bridgehead atoms. The second-order valence-electron chi connectivity index (χ2n) is 4.33. The normalized spacial score (nSPS) is 13.5. The van der Waals surface area contributed by atoms with Crippen LogP contribution in [0, 0.1) is 52.7 Å². The highest BCUT2D eigenvalue weighted by atomic mass is 19.2. The molecule has 9 heteroatoms. The Balaban J connectivity index is 2.56. The second-order valence-corrected chi connectivity index (χ2v) is 4.33. The Morgan fingerprint density at radius 3 is 0.773 bits per heavy atom. The number of halogens is 9. The first kappa shape index (κ1) is 14.7. The lowest BCUT2D eigenvalue weighted by atomic mass is 10.0. The highest BCUT2D eigenvalue weighted by Gasteiger charge is 2.45. The molecule has 0 amide bonds. The van der Waals surface area contributed by atoms with E-state index in [1.54, 1.807) is 0 Å². The van der Waals surface area contributed by atoms with Gasteiger partial charge in [0.15, 0.2) is 46.5 Å². The molecular weight excluding hydrogens is 327 g/mol. The predicted octanol–water partition coefficient (Wildman–Crippen LogP) is 4.68. The maximum absolute atomic E-state index is 13.9. The smallest absolute Gasteiger partial charge is 0.210 e. The molecule has 0 saturated heterocycles. The standard InChI is InChI=1S/C13F9/c14-5-3-1(6(15)10(19)12(21)8(3)17)2-4(5)9(18)13(22)11(20)7(2)16. The summed E-state index contributed by atoms with van der Waals surface area (Å²) in [5, 5.41) is 0. The lowest BCUT2D eigenvalue weighted by Crippen LogP contribution is -2.04. The fourth-order valence-corrected chi connectivity index (χ4v) is 2.27. The molecule has 2 aromatic rings. The van der Waals surface area contributed by atoms with E-state index in [-0.39, 0.29) is 0 Å². The zero-order valence-electron chi connectivity index (χ0n) is 9.90. The van der Waals surface area contributed by atoms with Crippen molar-refractivity contribution >= 4 is 0 Å². The van der Waals surface area contributed by atoms with Crippen molar-refractivity contribution < 1.29 is 39.5 Å². The van der Waals surface area contributed by atoms with Crippen molar-refractivity contribution in [2.45, 2.75) is 0 Å². The second kappa shape index (κ2) is 4.40. The average molecular weight is 327 g/mol. The third-order valence-corrected chi connectivity index (χ3v) is 3.22. The molecule has 1 radical (unpaired) electrons. The summed E-state index contributed by atoms with van der Waals surface area (Å²) in [7, 11) is 0. The third kappa shape index (κ3) is 1.51. The van der Waals surface area contributed by atoms with Gasteiger partial charge in [-0.1, -0.05) is 0 Å². The Labute approximate surface area is 115 Å². The summed E-state index contributed by atoms with van der Waals surface area (Å²) in [5.74, 6) is -18.8. The summed E-state index contributed by atoms with van der Waals surface area (Å²) in [4.78, 5) is 0. The van der Waals surface area contributed by atoms with Gasteiger partial charge in [-0.15, -0.1) is 0 Å². The molecule has 0 heterocycles. The van der Waals surface area contributed by atoms with E-state index < -0.39 is 75.0 Å². The fraction of sp³-hybridized carbons (Fsp3) is 0. The summed E-state index contributed by atoms with van der Waals surface area (Å²) in [6.07, 6.45) is -2.07. The van der Waals surface area contributed by atoms with Crippen molar-refractivity contribution in [3.05, 3.63) is 63.8 Å². The third-order valence-electron chi connectivity index (χ3n) is 3.22. The number of benzene rings is 2. The van der Waals surface area contributed by atoms with Crippen LogP contribution in [0.15, 0.2) is 0 Å². The van der Waals surface area contributed by atoms with Gasteiger partial charge in [0.25, 0.3) is 0 Å². The van der Waals surface area contributed by atoms with Gasteiger partial charge in [-0.2, -0.15) is 0 Å². The van der Waals surface area contributed by atoms with Crippen molar-refractivity contribution in [3.63, 3.8) is 0 Å². The van der Waals surface area contributed by atoms with Crippen LogP contribution in [0.1, 0.15) is 11.1 Å². The van der Waals surface area contributed by atoms with E-state index in [1.165, 1.54) is 0 Å². The minimum absolute atomic E-state index is 1.56. The number of fused-ring (bicyclic) bond motifs is 3. The molecule has 1 aliphatic carbocycles. The van der Waals surface area contributed by atoms with Crippen LogP contribution in [0.2, 0.25) is 0 Å². The molecule has 0 aromatic heterocycles. The van der Waals surface area contributed by atoms with Crippen LogP contribution >= 0.6 is 0 Å². The van der Waals surface area contributed by atoms with Gasteiger partial charge in [0.05, 0.1) is 0 Å². The number of hydrogen-bond donors (Lipinski definition) is 0. The summed E-state index contributed by atoms with van der Waals surface area (Å²) in [6.45, 7) is 0. The molecule has 1 aliphatic rings. The van der Waals surface area contributed by atoms with E-state index in [4.69, 9.17) is 0 Å². The van der Waals surface area contributed by atoms with Gasteiger partial charge >= 0.3 is 0 Å². The lowest BCUT2D eigenvalue weighted by molar-refractivity contribution is 0.400. The first-order valence-electron chi connectivity index (χ1n) is 5.45. The molecule has 0 unspecified atom stereocenters. The predicted molar refractivity (Wildman–Crippen MR) is 54.1 cm³/mol. The molecule has 0 aliphatic heterocycles. The summed E-state index contributed by atoms with van der Waals surface area (Å²) in [5.41, 5.74) is -6.40. The van der Waals surface area contributed by atoms with E-state index in [9.17, 15) is 39.5 Å². The quantitative estimate of drug-likeness (QED) is 0.374. The van der Waals surface area contributed by atoms with E-state index >= 15 is 0 Å². The zero-order valence-corrected chi connectivity index (χ0v) is 9.90. The first-order chi connectivity index (χ1) is 10.2. The van der Waals surface area contributed by atoms with Crippen molar-refractivity contribution in [2.75, 3.05) is 0 Å². The van der Waals surface area contributed by atoms with Gasteiger partial charge in [-0.25, -0.2) is 39.5 Å². The maximum atomic E-state index is 13.9. The minimum Gasteiger partial charge on any atom is -0.229 e. The van der Waals surface area contributed by atoms with E-state index in [2.05, 4.69) is 0 Å². The van der Waals surface area contributed by atoms with Crippen LogP contribution in [0.3, 0.4) is 0 Å². The van der Waals surface area contributed by atoms with Crippen LogP contribution in [-0.4, -0.2) is 0 Å². The lowest BCUT2D eigenvalue weighted by Gasteiger charge is -2.08. The van der Waals surface area contributed by atoms with Crippen LogP contribution in [0.5, 0.6) is 0 Å². The monoisotopic (exact) mass is 327 g/mol. The van der Waals surface area contributed by atoms with E-state index in [0.29, 0.717) is 0 Å². The van der Waals surface area contributed by atoms with Gasteiger partial charge in [-0.05, 0) is 0 Å². The van der Waals surface area contributed by atoms with Gasteiger partial charge < -0.3 is 0 Å². The molecule has 3 rings (SSSR count). The molecule has 0 atom stereocenters. The van der Waals surface area contributed by atoms with E-state index in [1.807, 2.05) is 0 Å². The topological polar surface area (TPSA) is 0 Å². The molecular formula is C13F9. The van der Waals surface area contributed by atoms with Crippen LogP contribution in [0.4, 0.5) is 39.5 Å². The van der Waals surface area contributed by atoms with Crippen molar-refractivity contribution in [1.82, 2.24) is 0 Å². The van der Waals surface area contributed by atoms with Crippen molar-refractivity contribution in [2.24, 2.45) is 0 Å².